The van der Waals surface area contributed by atoms with Crippen molar-refractivity contribution in [3.05, 3.63) is 71.3 Å². The molecule has 0 aliphatic carbocycles. The first-order valence-electron chi connectivity index (χ1n) is 12.6. The molecule has 0 saturated carbocycles. The van der Waals surface area contributed by atoms with Crippen molar-refractivity contribution in [2.75, 3.05) is 6.54 Å². The van der Waals surface area contributed by atoms with Gasteiger partial charge in [-0.25, -0.2) is 9.78 Å². The number of amides is 3. The number of nitrogens with one attached hydrogen (secondary N) is 1. The van der Waals surface area contributed by atoms with Crippen LogP contribution < -0.4 is 5.32 Å². The summed E-state index contributed by atoms with van der Waals surface area (Å²) in [5, 5.41) is 2.45. The molecule has 0 unspecified atom stereocenters. The molecular weight excluding hydrogens is 527 g/mol. The van der Waals surface area contributed by atoms with Gasteiger partial charge in [-0.2, -0.15) is 13.2 Å². The van der Waals surface area contributed by atoms with E-state index >= 15 is 0 Å². The number of hydrogen-bond acceptors (Lipinski definition) is 5. The fourth-order valence-electron chi connectivity index (χ4n) is 5.26. The second-order valence-electron chi connectivity index (χ2n) is 10.8. The van der Waals surface area contributed by atoms with Crippen LogP contribution in [0.3, 0.4) is 0 Å². The standard InChI is InChI=1S/C28H24F3N5O4/c1-27(2,3)40-26(39)35-9-8-34-14-18(17-11-16(28(29,30)31)10-15(13-35)23(17)34)21-22(25(38)33-24(21)37)19-12-32-20-6-4-5-7-36(19)20/h4-7,10-12,14H,8-9,13H2,1-3H3,(H,33,37,38). The number of imide groups is 1. The van der Waals surface area contributed by atoms with Crippen molar-refractivity contribution in [1.82, 2.24) is 24.2 Å². The summed E-state index contributed by atoms with van der Waals surface area (Å²) >= 11 is 0. The average molecular weight is 552 g/mol. The summed E-state index contributed by atoms with van der Waals surface area (Å²) in [6.07, 6.45) is -0.618. The lowest BCUT2D eigenvalue weighted by Gasteiger charge is -2.26. The molecule has 0 saturated heterocycles. The van der Waals surface area contributed by atoms with Crippen LogP contribution in [0.25, 0.3) is 27.7 Å². The van der Waals surface area contributed by atoms with Crippen LogP contribution in [0, 0.1) is 0 Å². The molecule has 40 heavy (non-hydrogen) atoms. The molecule has 0 fully saturated rings. The number of halogens is 3. The van der Waals surface area contributed by atoms with Crippen LogP contribution in [-0.4, -0.2) is 48.9 Å². The number of fused-ring (bicyclic) bond motifs is 1. The molecule has 1 aromatic carbocycles. The van der Waals surface area contributed by atoms with Gasteiger partial charge >= 0.3 is 12.3 Å². The zero-order valence-electron chi connectivity index (χ0n) is 21.8. The van der Waals surface area contributed by atoms with Gasteiger partial charge in [-0.05, 0) is 50.6 Å². The fourth-order valence-corrected chi connectivity index (χ4v) is 5.26. The molecule has 3 amide bonds. The van der Waals surface area contributed by atoms with Crippen LogP contribution in [0.2, 0.25) is 0 Å². The van der Waals surface area contributed by atoms with Crippen molar-refractivity contribution >= 4 is 45.6 Å². The van der Waals surface area contributed by atoms with Gasteiger partial charge in [0.15, 0.2) is 0 Å². The second-order valence-corrected chi connectivity index (χ2v) is 10.8. The van der Waals surface area contributed by atoms with Gasteiger partial charge in [0.2, 0.25) is 0 Å². The first-order chi connectivity index (χ1) is 18.8. The van der Waals surface area contributed by atoms with Crippen LogP contribution in [0.4, 0.5) is 18.0 Å². The van der Waals surface area contributed by atoms with E-state index < -0.39 is 35.2 Å². The number of aromatic nitrogens is 3. The first kappa shape index (κ1) is 25.7. The SMILES string of the molecule is CC(C)(C)OC(=O)N1CCn2cc(C3=C(c4cnc5ccccn45)C(=O)NC3=O)c3cc(C(F)(F)F)cc(c32)C1. The van der Waals surface area contributed by atoms with Gasteiger partial charge in [0.1, 0.15) is 11.2 Å². The third-order valence-corrected chi connectivity index (χ3v) is 6.88. The van der Waals surface area contributed by atoms with E-state index in [1.807, 2.05) is 0 Å². The monoisotopic (exact) mass is 551 g/mol. The van der Waals surface area contributed by atoms with E-state index in [2.05, 4.69) is 10.3 Å². The van der Waals surface area contributed by atoms with E-state index in [1.54, 1.807) is 60.3 Å². The Balaban J connectivity index is 1.58. The number of benzene rings is 1. The lowest BCUT2D eigenvalue weighted by Crippen LogP contribution is -2.37. The van der Waals surface area contributed by atoms with Crippen molar-refractivity contribution < 1.29 is 32.3 Å². The van der Waals surface area contributed by atoms with Gasteiger partial charge in [-0.15, -0.1) is 0 Å². The molecule has 0 spiro atoms. The summed E-state index contributed by atoms with van der Waals surface area (Å²) in [7, 11) is 0. The normalized spacial score (nSPS) is 16.2. The topological polar surface area (TPSA) is 97.9 Å². The Morgan fingerprint density at radius 3 is 2.52 bits per heavy atom. The molecule has 3 aromatic heterocycles. The van der Waals surface area contributed by atoms with Crippen molar-refractivity contribution in [1.29, 1.82) is 0 Å². The first-order valence-corrected chi connectivity index (χ1v) is 12.6. The summed E-state index contributed by atoms with van der Waals surface area (Å²) in [6, 6.07) is 7.25. The maximum atomic E-state index is 14.1. The molecule has 2 aliphatic rings. The quantitative estimate of drug-likeness (QED) is 0.367. The Morgan fingerprint density at radius 2 is 1.80 bits per heavy atom. The van der Waals surface area contributed by atoms with Crippen LogP contribution >= 0.6 is 0 Å². The van der Waals surface area contributed by atoms with Crippen LogP contribution in [0.15, 0.2) is 48.9 Å². The molecule has 0 bridgehead atoms. The number of ether oxygens (including phenoxy) is 1. The summed E-state index contributed by atoms with van der Waals surface area (Å²) in [5.41, 5.74) is 0.0511. The number of pyridine rings is 1. The largest absolute Gasteiger partial charge is 0.444 e. The van der Waals surface area contributed by atoms with E-state index in [-0.39, 0.29) is 47.3 Å². The zero-order valence-corrected chi connectivity index (χ0v) is 21.8. The molecule has 5 heterocycles. The van der Waals surface area contributed by atoms with Gasteiger partial charge in [0, 0.05) is 36.4 Å². The van der Waals surface area contributed by atoms with Gasteiger partial charge < -0.3 is 14.2 Å². The number of rotatable bonds is 2. The Morgan fingerprint density at radius 1 is 1.05 bits per heavy atom. The van der Waals surface area contributed by atoms with E-state index in [0.717, 1.165) is 12.1 Å². The molecular formula is C28H24F3N5O4. The Labute approximate surface area is 225 Å². The predicted octanol–water partition coefficient (Wildman–Crippen LogP) is 4.63. The van der Waals surface area contributed by atoms with Gasteiger partial charge in [0.25, 0.3) is 11.8 Å². The van der Waals surface area contributed by atoms with Crippen molar-refractivity contribution in [2.45, 2.75) is 45.6 Å². The van der Waals surface area contributed by atoms with E-state index in [1.165, 1.54) is 11.1 Å². The van der Waals surface area contributed by atoms with Crippen LogP contribution in [0.5, 0.6) is 0 Å². The Hall–Kier alpha value is -4.61. The van der Waals surface area contributed by atoms with Crippen molar-refractivity contribution in [2.24, 2.45) is 0 Å². The molecule has 9 nitrogen and oxygen atoms in total. The molecule has 6 rings (SSSR count). The number of alkyl halides is 3. The number of nitrogens with zero attached hydrogens (tertiary/aromatic N) is 4. The minimum Gasteiger partial charge on any atom is -0.444 e. The third kappa shape index (κ3) is 4.19. The molecule has 206 valence electrons. The Kier molecular flexibility index (Phi) is 5.58. The maximum Gasteiger partial charge on any atom is 0.416 e. The smallest absolute Gasteiger partial charge is 0.416 e. The lowest BCUT2D eigenvalue weighted by molar-refractivity contribution is -0.137. The molecule has 0 radical (unpaired) electrons. The van der Waals surface area contributed by atoms with Gasteiger partial charge in [-0.3, -0.25) is 19.3 Å². The maximum absolute atomic E-state index is 14.1. The molecule has 1 N–H and O–H groups in total. The summed E-state index contributed by atoms with van der Waals surface area (Å²) in [4.78, 5) is 44.7. The summed E-state index contributed by atoms with van der Waals surface area (Å²) in [6.45, 7) is 5.42. The van der Waals surface area contributed by atoms with Gasteiger partial charge in [0.05, 0.1) is 40.7 Å². The average Bonchev–Trinajstić information content (AvgIpc) is 3.47. The number of carbonyl (C=O) groups excluding carboxylic acids is 3. The summed E-state index contributed by atoms with van der Waals surface area (Å²) < 4.78 is 51.1. The van der Waals surface area contributed by atoms with Crippen LogP contribution in [-0.2, 0) is 33.6 Å². The molecule has 0 atom stereocenters. The van der Waals surface area contributed by atoms with Crippen LogP contribution in [0.1, 0.15) is 43.2 Å². The van der Waals surface area contributed by atoms with E-state index in [4.69, 9.17) is 4.74 Å². The van der Waals surface area contributed by atoms with E-state index in [9.17, 15) is 27.6 Å². The number of hydrogen-bond donors (Lipinski definition) is 1. The minimum atomic E-state index is -4.69. The number of carbonyl (C=O) groups is 3. The highest BCUT2D eigenvalue weighted by Gasteiger charge is 2.38. The highest BCUT2D eigenvalue weighted by atomic mass is 19.4. The van der Waals surface area contributed by atoms with Gasteiger partial charge in [-0.1, -0.05) is 6.07 Å². The highest BCUT2D eigenvalue weighted by molar-refractivity contribution is 6.49. The highest BCUT2D eigenvalue weighted by Crippen LogP contribution is 2.41. The summed E-state index contributed by atoms with van der Waals surface area (Å²) in [5.74, 6) is -1.38. The fraction of sp³-hybridized carbons (Fsp3) is 0.286. The second kappa shape index (κ2) is 8.70. The lowest BCUT2D eigenvalue weighted by atomic mass is 9.96. The molecule has 12 heteroatoms. The molecule has 2 aliphatic heterocycles. The third-order valence-electron chi connectivity index (χ3n) is 6.88. The van der Waals surface area contributed by atoms with E-state index in [0.29, 0.717) is 16.9 Å². The minimum absolute atomic E-state index is 0.0224. The van der Waals surface area contributed by atoms with Crippen molar-refractivity contribution in [3.8, 4) is 0 Å². The zero-order chi connectivity index (χ0) is 28.6. The number of imidazole rings is 1. The Bertz CT molecular complexity index is 1770. The predicted molar refractivity (Wildman–Crippen MR) is 139 cm³/mol. The molecule has 4 aromatic rings. The van der Waals surface area contributed by atoms with Crippen molar-refractivity contribution in [3.63, 3.8) is 0 Å².